The second kappa shape index (κ2) is 8.72. The van der Waals surface area contributed by atoms with E-state index in [2.05, 4.69) is 55.1 Å². The molecular formula is C16H24N2. The highest BCUT2D eigenvalue weighted by atomic mass is 15.1. The molecule has 0 spiro atoms. The fourth-order valence-electron chi connectivity index (χ4n) is 2.11. The summed E-state index contributed by atoms with van der Waals surface area (Å²) >= 11 is 0. The van der Waals surface area contributed by atoms with Crippen LogP contribution < -0.4 is 0 Å². The van der Waals surface area contributed by atoms with E-state index in [0.29, 0.717) is 12.5 Å². The molecule has 0 aliphatic heterocycles. The van der Waals surface area contributed by atoms with Crippen LogP contribution in [0.3, 0.4) is 0 Å². The van der Waals surface area contributed by atoms with E-state index < -0.39 is 0 Å². The summed E-state index contributed by atoms with van der Waals surface area (Å²) in [6, 6.07) is 13.4. The van der Waals surface area contributed by atoms with Gasteiger partial charge >= 0.3 is 0 Å². The van der Waals surface area contributed by atoms with Gasteiger partial charge in [-0.05, 0) is 45.2 Å². The van der Waals surface area contributed by atoms with Crippen LogP contribution in [0.4, 0.5) is 0 Å². The Kier molecular flexibility index (Phi) is 7.13. The fourth-order valence-corrected chi connectivity index (χ4v) is 2.11. The summed E-state index contributed by atoms with van der Waals surface area (Å²) in [7, 11) is 0. The Morgan fingerprint density at radius 2 is 1.83 bits per heavy atom. The molecule has 0 unspecified atom stereocenters. The van der Waals surface area contributed by atoms with Crippen LogP contribution in [0.2, 0.25) is 0 Å². The van der Waals surface area contributed by atoms with Crippen LogP contribution in [-0.4, -0.2) is 24.0 Å². The van der Waals surface area contributed by atoms with Crippen molar-refractivity contribution in [1.29, 1.82) is 5.26 Å². The van der Waals surface area contributed by atoms with Gasteiger partial charge in [-0.15, -0.1) is 0 Å². The number of rotatable bonds is 8. The lowest BCUT2D eigenvalue weighted by molar-refractivity contribution is 0.222. The number of nitrogens with zero attached hydrogens (tertiary/aromatic N) is 2. The fraction of sp³-hybridized carbons (Fsp3) is 0.562. The van der Waals surface area contributed by atoms with Gasteiger partial charge in [0.15, 0.2) is 0 Å². The minimum atomic E-state index is 0.537. The average molecular weight is 244 g/mol. The van der Waals surface area contributed by atoms with Gasteiger partial charge in [-0.25, -0.2) is 0 Å². The van der Waals surface area contributed by atoms with Crippen LogP contribution >= 0.6 is 0 Å². The molecule has 0 saturated carbocycles. The lowest BCUT2D eigenvalue weighted by atomic mass is 10.1. The first-order chi connectivity index (χ1) is 8.74. The summed E-state index contributed by atoms with van der Waals surface area (Å²) < 4.78 is 0. The second-order valence-corrected chi connectivity index (χ2v) is 4.98. The predicted molar refractivity (Wildman–Crippen MR) is 76.3 cm³/mol. The number of hydrogen-bond donors (Lipinski definition) is 0. The Labute approximate surface area is 111 Å². The van der Waals surface area contributed by atoms with Gasteiger partial charge in [0.05, 0.1) is 6.07 Å². The van der Waals surface area contributed by atoms with Crippen molar-refractivity contribution in [2.75, 3.05) is 13.1 Å². The largest absolute Gasteiger partial charge is 0.300 e. The van der Waals surface area contributed by atoms with Gasteiger partial charge < -0.3 is 0 Å². The zero-order chi connectivity index (χ0) is 13.2. The molecule has 0 saturated heterocycles. The lowest BCUT2D eigenvalue weighted by Crippen LogP contribution is -2.32. The highest BCUT2D eigenvalue weighted by molar-refractivity contribution is 5.14. The summed E-state index contributed by atoms with van der Waals surface area (Å²) in [6.07, 6.45) is 4.22. The highest BCUT2D eigenvalue weighted by Gasteiger charge is 2.07. The standard InChI is InChI=1S/C16H24N2/c1-15(2)18(14-8-12-17)13-7-6-11-16-9-4-3-5-10-16/h3-5,9-10,15H,6-8,11,13-14H2,1-2H3. The molecule has 1 aromatic carbocycles. The first-order valence-electron chi connectivity index (χ1n) is 6.89. The smallest absolute Gasteiger partial charge is 0.0635 e. The minimum Gasteiger partial charge on any atom is -0.300 e. The normalized spacial score (nSPS) is 10.8. The summed E-state index contributed by atoms with van der Waals surface area (Å²) in [5.74, 6) is 0. The molecule has 2 heteroatoms. The number of nitriles is 1. The second-order valence-electron chi connectivity index (χ2n) is 4.98. The topological polar surface area (TPSA) is 27.0 Å². The van der Waals surface area contributed by atoms with Crippen molar-refractivity contribution in [1.82, 2.24) is 4.90 Å². The molecule has 0 amide bonds. The maximum atomic E-state index is 8.64. The van der Waals surface area contributed by atoms with Crippen molar-refractivity contribution in [3.05, 3.63) is 35.9 Å². The Morgan fingerprint density at radius 3 is 2.44 bits per heavy atom. The molecule has 0 N–H and O–H groups in total. The molecule has 2 nitrogen and oxygen atoms in total. The number of hydrogen-bond acceptors (Lipinski definition) is 2. The van der Waals surface area contributed by atoms with E-state index in [9.17, 15) is 0 Å². The Balaban J connectivity index is 2.21. The van der Waals surface area contributed by atoms with Crippen LogP contribution in [-0.2, 0) is 6.42 Å². The molecule has 0 radical (unpaired) electrons. The van der Waals surface area contributed by atoms with E-state index in [1.807, 2.05) is 0 Å². The summed E-state index contributed by atoms with van der Waals surface area (Å²) in [6.45, 7) is 6.41. The molecule has 0 aromatic heterocycles. The van der Waals surface area contributed by atoms with Crippen molar-refractivity contribution < 1.29 is 0 Å². The highest BCUT2D eigenvalue weighted by Crippen LogP contribution is 2.07. The lowest BCUT2D eigenvalue weighted by Gasteiger charge is -2.25. The van der Waals surface area contributed by atoms with Crippen LogP contribution in [0.15, 0.2) is 30.3 Å². The molecule has 18 heavy (non-hydrogen) atoms. The van der Waals surface area contributed by atoms with E-state index in [0.717, 1.165) is 19.5 Å². The number of benzene rings is 1. The summed E-state index contributed by atoms with van der Waals surface area (Å²) in [5.41, 5.74) is 1.42. The van der Waals surface area contributed by atoms with Crippen molar-refractivity contribution >= 4 is 0 Å². The Hall–Kier alpha value is -1.33. The molecule has 1 rings (SSSR count). The molecule has 0 aliphatic rings. The van der Waals surface area contributed by atoms with Crippen molar-refractivity contribution in [2.45, 2.75) is 45.6 Å². The average Bonchev–Trinajstić information content (AvgIpc) is 2.38. The van der Waals surface area contributed by atoms with Crippen LogP contribution in [0.1, 0.15) is 38.7 Å². The molecule has 98 valence electrons. The predicted octanol–water partition coefficient (Wildman–Crippen LogP) is 3.63. The molecule has 0 atom stereocenters. The molecule has 0 bridgehead atoms. The van der Waals surface area contributed by atoms with Gasteiger partial charge in [0.2, 0.25) is 0 Å². The first kappa shape index (κ1) is 14.7. The summed E-state index contributed by atoms with van der Waals surface area (Å²) in [5, 5.41) is 8.64. The zero-order valence-corrected chi connectivity index (χ0v) is 11.6. The number of aryl methyl sites for hydroxylation is 1. The van der Waals surface area contributed by atoms with E-state index in [1.54, 1.807) is 0 Å². The molecular weight excluding hydrogens is 220 g/mol. The Morgan fingerprint density at radius 1 is 1.11 bits per heavy atom. The monoisotopic (exact) mass is 244 g/mol. The van der Waals surface area contributed by atoms with Crippen molar-refractivity contribution in [3.8, 4) is 6.07 Å². The molecule has 1 aromatic rings. The molecule has 0 heterocycles. The number of unbranched alkanes of at least 4 members (excludes halogenated alkanes) is 1. The van der Waals surface area contributed by atoms with E-state index in [4.69, 9.17) is 5.26 Å². The zero-order valence-electron chi connectivity index (χ0n) is 11.6. The minimum absolute atomic E-state index is 0.537. The maximum Gasteiger partial charge on any atom is 0.0635 e. The Bertz CT molecular complexity index is 351. The molecule has 0 aliphatic carbocycles. The third-order valence-corrected chi connectivity index (χ3v) is 3.24. The quantitative estimate of drug-likeness (QED) is 0.653. The van der Waals surface area contributed by atoms with E-state index in [-0.39, 0.29) is 0 Å². The van der Waals surface area contributed by atoms with Crippen LogP contribution in [0, 0.1) is 11.3 Å². The maximum absolute atomic E-state index is 8.64. The van der Waals surface area contributed by atoms with Crippen LogP contribution in [0.25, 0.3) is 0 Å². The van der Waals surface area contributed by atoms with E-state index in [1.165, 1.54) is 18.4 Å². The van der Waals surface area contributed by atoms with Gasteiger partial charge in [-0.3, -0.25) is 4.90 Å². The molecule has 0 fully saturated rings. The van der Waals surface area contributed by atoms with Gasteiger partial charge in [-0.2, -0.15) is 5.26 Å². The first-order valence-corrected chi connectivity index (χ1v) is 6.89. The van der Waals surface area contributed by atoms with Crippen molar-refractivity contribution in [3.63, 3.8) is 0 Å². The van der Waals surface area contributed by atoms with Crippen molar-refractivity contribution in [2.24, 2.45) is 0 Å². The van der Waals surface area contributed by atoms with Gasteiger partial charge in [0.1, 0.15) is 0 Å². The van der Waals surface area contributed by atoms with Gasteiger partial charge in [0.25, 0.3) is 0 Å². The van der Waals surface area contributed by atoms with Gasteiger partial charge in [0, 0.05) is 19.0 Å². The van der Waals surface area contributed by atoms with Gasteiger partial charge in [-0.1, -0.05) is 30.3 Å². The SMILES string of the molecule is CC(C)N(CCC#N)CCCCc1ccccc1. The third kappa shape index (κ3) is 5.84. The van der Waals surface area contributed by atoms with E-state index >= 15 is 0 Å². The third-order valence-electron chi connectivity index (χ3n) is 3.24. The summed E-state index contributed by atoms with van der Waals surface area (Å²) in [4.78, 5) is 2.40. The van der Waals surface area contributed by atoms with Crippen LogP contribution in [0.5, 0.6) is 0 Å².